The molecule has 41 heavy (non-hydrogen) atoms. The van der Waals surface area contributed by atoms with Crippen molar-refractivity contribution in [3.05, 3.63) is 0 Å². The molecule has 0 radical (unpaired) electrons. The summed E-state index contributed by atoms with van der Waals surface area (Å²) in [6, 6.07) is 1.19. The lowest BCUT2D eigenvalue weighted by atomic mass is 10.1. The summed E-state index contributed by atoms with van der Waals surface area (Å²) < 4.78 is 46.5. The summed E-state index contributed by atoms with van der Waals surface area (Å²) in [5, 5.41) is 0. The number of hydrogen-bond donors (Lipinski definition) is 0. The Morgan fingerprint density at radius 1 is 0.390 bits per heavy atom. The van der Waals surface area contributed by atoms with Crippen LogP contribution in [0.15, 0.2) is 0 Å². The molecule has 0 atom stereocenters. The SMILES string of the molecule is CCCCCCCCCC[Si](C)(C)O[Si](C)(C)O[Si](C)(C)O[Si](C)(C)O[Si](C)(C)O[Si](C)(C)O[Si](C)(C)O[SiH](C)C. The van der Waals surface area contributed by atoms with E-state index in [2.05, 4.69) is 112 Å². The third-order valence-electron chi connectivity index (χ3n) is 6.13. The molecule has 0 aromatic heterocycles. The first-order valence-corrected chi connectivity index (χ1v) is 38.9. The highest BCUT2D eigenvalue weighted by Crippen LogP contribution is 2.29. The van der Waals surface area contributed by atoms with Gasteiger partial charge < -0.3 is 28.8 Å². The molecule has 0 amide bonds. The van der Waals surface area contributed by atoms with Crippen LogP contribution < -0.4 is 0 Å². The average Bonchev–Trinajstić information content (AvgIpc) is 2.62. The number of rotatable bonds is 23. The smallest absolute Gasteiger partial charge is 0.314 e. The fourth-order valence-electron chi connectivity index (χ4n) is 6.06. The Balaban J connectivity index is 5.00. The van der Waals surface area contributed by atoms with Crippen molar-refractivity contribution in [1.29, 1.82) is 0 Å². The summed E-state index contributed by atoms with van der Waals surface area (Å²) >= 11 is 0. The minimum atomic E-state index is -2.55. The standard InChI is InChI=1S/C26H70O7Si8/c1-18-19-20-21-22-23-24-25-26-35(4,5)28-37(8,9)30-39(12,13)32-41(16,17)33-40(14,15)31-38(10,11)29-36(6,7)27-34(2)3/h34H,18-26H2,1-17H3. The second kappa shape index (κ2) is 17.4. The summed E-state index contributed by atoms with van der Waals surface area (Å²) in [5.74, 6) is 0. The molecule has 0 rings (SSSR count). The van der Waals surface area contributed by atoms with Gasteiger partial charge in [-0.2, -0.15) is 0 Å². The lowest BCUT2D eigenvalue weighted by Gasteiger charge is -2.43. The van der Waals surface area contributed by atoms with Gasteiger partial charge in [-0.25, -0.2) is 0 Å². The van der Waals surface area contributed by atoms with Gasteiger partial charge in [0.2, 0.25) is 0 Å². The van der Waals surface area contributed by atoms with Gasteiger partial charge >= 0.3 is 51.4 Å². The molecule has 248 valence electrons. The third-order valence-corrected chi connectivity index (χ3v) is 35.7. The van der Waals surface area contributed by atoms with E-state index in [0.717, 1.165) is 0 Å². The molecule has 0 N–H and O–H groups in total. The summed E-state index contributed by atoms with van der Waals surface area (Å²) in [6.07, 6.45) is 10.8. The Morgan fingerprint density at radius 3 is 1.02 bits per heavy atom. The van der Waals surface area contributed by atoms with Gasteiger partial charge in [-0.15, -0.1) is 0 Å². The molecular weight excluding hydrogens is 649 g/mol. The van der Waals surface area contributed by atoms with Gasteiger partial charge in [0.25, 0.3) is 0 Å². The van der Waals surface area contributed by atoms with Crippen LogP contribution in [0.5, 0.6) is 0 Å². The first-order valence-electron chi connectivity index (χ1n) is 16.1. The van der Waals surface area contributed by atoms with E-state index in [9.17, 15) is 0 Å². The molecule has 0 saturated carbocycles. The van der Waals surface area contributed by atoms with Gasteiger partial charge in [-0.3, -0.25) is 0 Å². The van der Waals surface area contributed by atoms with Gasteiger partial charge in [0.05, 0.1) is 0 Å². The zero-order valence-electron chi connectivity index (χ0n) is 30.3. The van der Waals surface area contributed by atoms with Crippen molar-refractivity contribution in [3.63, 3.8) is 0 Å². The lowest BCUT2D eigenvalue weighted by molar-refractivity contribution is 0.265. The predicted molar refractivity (Wildman–Crippen MR) is 196 cm³/mol. The highest BCUT2D eigenvalue weighted by Gasteiger charge is 2.48. The molecule has 0 spiro atoms. The van der Waals surface area contributed by atoms with E-state index in [-0.39, 0.29) is 0 Å². The average molecular weight is 720 g/mol. The van der Waals surface area contributed by atoms with Crippen molar-refractivity contribution in [2.45, 2.75) is 169 Å². The summed E-state index contributed by atoms with van der Waals surface area (Å²) in [7, 11) is -17.7. The van der Waals surface area contributed by atoms with Crippen molar-refractivity contribution in [1.82, 2.24) is 0 Å². The molecule has 0 aromatic carbocycles. The fraction of sp³-hybridized carbons (Fsp3) is 1.00. The molecule has 0 heterocycles. The molecular formula is C26H70O7Si8. The van der Waals surface area contributed by atoms with Crippen LogP contribution in [-0.2, 0) is 28.8 Å². The highest BCUT2D eigenvalue weighted by molar-refractivity contribution is 6.91. The van der Waals surface area contributed by atoms with Crippen LogP contribution in [0, 0.1) is 0 Å². The van der Waals surface area contributed by atoms with Gasteiger partial charge in [-0.1, -0.05) is 58.3 Å². The molecule has 0 aliphatic heterocycles. The molecule has 0 bridgehead atoms. The Kier molecular flexibility index (Phi) is 18.0. The molecule has 0 fully saturated rings. The zero-order chi connectivity index (χ0) is 32.4. The van der Waals surface area contributed by atoms with Crippen LogP contribution in [0.3, 0.4) is 0 Å². The second-order valence-electron chi connectivity index (χ2n) is 15.2. The Labute approximate surface area is 265 Å². The maximum absolute atomic E-state index is 6.83. The predicted octanol–water partition coefficient (Wildman–Crippen LogP) is 9.64. The highest BCUT2D eigenvalue weighted by atomic mass is 28.5. The Morgan fingerprint density at radius 2 is 0.683 bits per heavy atom. The largest absolute Gasteiger partial charge is 0.440 e. The van der Waals surface area contributed by atoms with Crippen LogP contribution in [0.2, 0.25) is 111 Å². The molecule has 15 heteroatoms. The number of unbranched alkanes of at least 4 members (excludes halogenated alkanes) is 7. The van der Waals surface area contributed by atoms with Gasteiger partial charge in [0.15, 0.2) is 17.4 Å². The third kappa shape index (κ3) is 22.6. The van der Waals surface area contributed by atoms with Crippen molar-refractivity contribution >= 4 is 68.7 Å². The minimum Gasteiger partial charge on any atom is -0.440 e. The van der Waals surface area contributed by atoms with E-state index in [1.165, 1.54) is 57.4 Å². The lowest BCUT2D eigenvalue weighted by Crippen LogP contribution is -2.61. The van der Waals surface area contributed by atoms with Crippen molar-refractivity contribution in [2.24, 2.45) is 0 Å². The molecule has 0 unspecified atom stereocenters. The number of hydrogen-bond acceptors (Lipinski definition) is 7. The van der Waals surface area contributed by atoms with Crippen LogP contribution in [0.1, 0.15) is 58.3 Å². The van der Waals surface area contributed by atoms with Gasteiger partial charge in [0, 0.05) is 0 Å². The maximum Gasteiger partial charge on any atom is 0.314 e. The van der Waals surface area contributed by atoms with E-state index in [1.807, 2.05) is 0 Å². The maximum atomic E-state index is 6.83. The van der Waals surface area contributed by atoms with Crippen LogP contribution in [-0.4, -0.2) is 68.7 Å². The van der Waals surface area contributed by atoms with Crippen molar-refractivity contribution < 1.29 is 28.8 Å². The molecule has 0 aliphatic carbocycles. The summed E-state index contributed by atoms with van der Waals surface area (Å²) in [5.41, 5.74) is 0. The van der Waals surface area contributed by atoms with Crippen molar-refractivity contribution in [3.8, 4) is 0 Å². The van der Waals surface area contributed by atoms with Crippen LogP contribution in [0.25, 0.3) is 0 Å². The second-order valence-corrected chi connectivity index (χ2v) is 43.9. The van der Waals surface area contributed by atoms with E-state index in [4.69, 9.17) is 28.8 Å². The van der Waals surface area contributed by atoms with E-state index in [0.29, 0.717) is 0 Å². The summed E-state index contributed by atoms with van der Waals surface area (Å²) in [6.45, 7) is 36.9. The first kappa shape index (κ1) is 42.5. The summed E-state index contributed by atoms with van der Waals surface area (Å²) in [4.78, 5) is 0. The molecule has 7 nitrogen and oxygen atoms in total. The minimum absolute atomic E-state index is 1.19. The molecule has 0 aliphatic rings. The monoisotopic (exact) mass is 718 g/mol. The van der Waals surface area contributed by atoms with E-state index in [1.54, 1.807) is 0 Å². The topological polar surface area (TPSA) is 64.6 Å². The Bertz CT molecular complexity index is 747. The van der Waals surface area contributed by atoms with Gasteiger partial charge in [0.1, 0.15) is 0 Å². The molecule has 0 saturated heterocycles. The van der Waals surface area contributed by atoms with Crippen molar-refractivity contribution in [2.75, 3.05) is 0 Å². The van der Waals surface area contributed by atoms with Crippen LogP contribution in [0.4, 0.5) is 0 Å². The van der Waals surface area contributed by atoms with Crippen LogP contribution >= 0.6 is 0 Å². The van der Waals surface area contributed by atoms with E-state index >= 15 is 0 Å². The normalized spacial score (nSPS) is 14.8. The quantitative estimate of drug-likeness (QED) is 0.0770. The van der Waals surface area contributed by atoms with E-state index < -0.39 is 68.7 Å². The Hall–Kier alpha value is 1.46. The van der Waals surface area contributed by atoms with Gasteiger partial charge in [-0.05, 0) is 111 Å². The first-order chi connectivity index (χ1) is 18.2. The zero-order valence-corrected chi connectivity index (χ0v) is 38.5. The fourth-order valence-corrected chi connectivity index (χ4v) is 44.4. The molecule has 0 aromatic rings.